The van der Waals surface area contributed by atoms with E-state index in [0.29, 0.717) is 0 Å². The molecule has 34 heavy (non-hydrogen) atoms. The summed E-state index contributed by atoms with van der Waals surface area (Å²) in [5.41, 5.74) is 8.82. The minimum Gasteiger partial charge on any atom is -0.365 e. The number of hydrogen-bond acceptors (Lipinski definition) is 2. The van der Waals surface area contributed by atoms with Crippen molar-refractivity contribution in [3.05, 3.63) is 117 Å². The quantitative estimate of drug-likeness (QED) is 0.212. The van der Waals surface area contributed by atoms with Gasteiger partial charge >= 0.3 is 0 Å². The van der Waals surface area contributed by atoms with Gasteiger partial charge in [0.15, 0.2) is 0 Å². The van der Waals surface area contributed by atoms with Crippen LogP contribution in [0.1, 0.15) is 53.5 Å². The Morgan fingerprint density at radius 1 is 1.09 bits per heavy atom. The largest absolute Gasteiger partial charge is 0.365 e. The summed E-state index contributed by atoms with van der Waals surface area (Å²) in [5.74, 6) is 0. The van der Waals surface area contributed by atoms with E-state index in [1.807, 2.05) is 44.3 Å². The van der Waals surface area contributed by atoms with Gasteiger partial charge in [0.2, 0.25) is 0 Å². The second-order valence-electron chi connectivity index (χ2n) is 7.21. The predicted molar refractivity (Wildman–Crippen MR) is 152 cm³/mol. The summed E-state index contributed by atoms with van der Waals surface area (Å²) in [7, 11) is 2.10. The molecule has 0 amide bonds. The van der Waals surface area contributed by atoms with Crippen LogP contribution in [0.3, 0.4) is 0 Å². The number of benzene rings is 1. The van der Waals surface area contributed by atoms with Crippen LogP contribution in [0.15, 0.2) is 90.8 Å². The van der Waals surface area contributed by atoms with E-state index in [4.69, 9.17) is 0 Å². The Balaban J connectivity index is -0.00000187. The maximum atomic E-state index is 4.57. The van der Waals surface area contributed by atoms with Gasteiger partial charge in [0.05, 0.1) is 0 Å². The van der Waals surface area contributed by atoms with Crippen LogP contribution in [0.4, 0.5) is 5.69 Å². The maximum Gasteiger partial charge on any atom is 0.0188 e. The fourth-order valence-electron chi connectivity index (χ4n) is 3.41. The SMILES string of the molecule is C=C/C=C(\C=C)c1ccnc(-c2[c-]c(N(C)/C(CC)=C(\C)C=C(C)C)ccc2)c1.CC.[CH3-].[CH3-].[Pt]. The van der Waals surface area contributed by atoms with Gasteiger partial charge in [-0.15, -0.1) is 29.8 Å². The first kappa shape index (κ1) is 36.1. The van der Waals surface area contributed by atoms with E-state index in [2.05, 4.69) is 88.1 Å². The number of anilines is 1. The molecule has 0 aliphatic heterocycles. The molecular formula is C31H43N2Pt-3. The number of pyridine rings is 1. The van der Waals surface area contributed by atoms with Crippen molar-refractivity contribution in [1.29, 1.82) is 0 Å². The summed E-state index contributed by atoms with van der Waals surface area (Å²) in [6.45, 7) is 20.3. The van der Waals surface area contributed by atoms with Crippen LogP contribution in [0.5, 0.6) is 0 Å². The van der Waals surface area contributed by atoms with Crippen molar-refractivity contribution in [2.45, 2.75) is 48.0 Å². The topological polar surface area (TPSA) is 16.1 Å². The summed E-state index contributed by atoms with van der Waals surface area (Å²) in [6, 6.07) is 13.8. The van der Waals surface area contributed by atoms with Crippen LogP contribution in [-0.4, -0.2) is 12.0 Å². The van der Waals surface area contributed by atoms with Crippen molar-refractivity contribution < 1.29 is 21.1 Å². The third-order valence-corrected chi connectivity index (χ3v) is 4.73. The molecule has 0 unspecified atom stereocenters. The molecule has 2 nitrogen and oxygen atoms in total. The molecule has 0 aliphatic rings. The number of aromatic nitrogens is 1. The van der Waals surface area contributed by atoms with Crippen LogP contribution in [-0.2, 0) is 21.1 Å². The Kier molecular flexibility index (Phi) is 20.1. The molecule has 0 bridgehead atoms. The van der Waals surface area contributed by atoms with Crippen molar-refractivity contribution in [3.63, 3.8) is 0 Å². The third kappa shape index (κ3) is 10.2. The summed E-state index contributed by atoms with van der Waals surface area (Å²) < 4.78 is 0. The van der Waals surface area contributed by atoms with Crippen molar-refractivity contribution >= 4 is 11.3 Å². The Bertz CT molecular complexity index is 976. The van der Waals surface area contributed by atoms with Crippen LogP contribution in [0.2, 0.25) is 0 Å². The van der Waals surface area contributed by atoms with E-state index in [1.165, 1.54) is 16.8 Å². The molecule has 2 rings (SSSR count). The second kappa shape index (κ2) is 18.9. The van der Waals surface area contributed by atoms with Gasteiger partial charge in [-0.1, -0.05) is 69.9 Å². The Morgan fingerprint density at radius 3 is 2.26 bits per heavy atom. The normalized spacial score (nSPS) is 10.5. The average molecular weight is 639 g/mol. The Morgan fingerprint density at radius 2 is 1.74 bits per heavy atom. The average Bonchev–Trinajstić information content (AvgIpc) is 2.79. The number of allylic oxidation sites excluding steroid dienone is 8. The molecule has 1 heterocycles. The molecular weight excluding hydrogens is 595 g/mol. The van der Waals surface area contributed by atoms with Gasteiger partial charge in [-0.05, 0) is 61.3 Å². The molecule has 0 radical (unpaired) electrons. The van der Waals surface area contributed by atoms with Gasteiger partial charge in [-0.25, -0.2) is 0 Å². The molecule has 190 valence electrons. The van der Waals surface area contributed by atoms with Crippen LogP contribution in [0.25, 0.3) is 16.8 Å². The smallest absolute Gasteiger partial charge is 0.0188 e. The van der Waals surface area contributed by atoms with Gasteiger partial charge in [-0.2, -0.15) is 0 Å². The zero-order chi connectivity index (χ0) is 23.4. The summed E-state index contributed by atoms with van der Waals surface area (Å²) >= 11 is 0. The minimum absolute atomic E-state index is 0. The first-order chi connectivity index (χ1) is 14.9. The number of hydrogen-bond donors (Lipinski definition) is 0. The van der Waals surface area contributed by atoms with E-state index in [1.54, 1.807) is 6.08 Å². The Hall–Kier alpha value is -2.44. The second-order valence-corrected chi connectivity index (χ2v) is 7.21. The molecule has 0 N–H and O–H groups in total. The summed E-state index contributed by atoms with van der Waals surface area (Å²) in [6.07, 6.45) is 10.6. The molecule has 0 atom stereocenters. The minimum atomic E-state index is 0. The third-order valence-electron chi connectivity index (χ3n) is 4.73. The van der Waals surface area contributed by atoms with Crippen molar-refractivity contribution in [2.24, 2.45) is 0 Å². The van der Waals surface area contributed by atoms with Gasteiger partial charge in [-0.3, -0.25) is 0 Å². The first-order valence-corrected chi connectivity index (χ1v) is 10.9. The molecule has 0 saturated carbocycles. The van der Waals surface area contributed by atoms with Gasteiger partial charge in [0, 0.05) is 40.0 Å². The molecule has 0 saturated heterocycles. The molecule has 1 aromatic heterocycles. The van der Waals surface area contributed by atoms with E-state index < -0.39 is 0 Å². The van der Waals surface area contributed by atoms with Crippen LogP contribution in [0, 0.1) is 20.9 Å². The summed E-state index contributed by atoms with van der Waals surface area (Å²) in [4.78, 5) is 6.78. The van der Waals surface area contributed by atoms with Crippen LogP contribution >= 0.6 is 0 Å². The van der Waals surface area contributed by atoms with Crippen molar-refractivity contribution in [3.8, 4) is 11.3 Å². The van der Waals surface area contributed by atoms with Crippen molar-refractivity contribution in [2.75, 3.05) is 11.9 Å². The molecule has 0 fully saturated rings. The molecule has 2 aromatic rings. The van der Waals surface area contributed by atoms with Gasteiger partial charge in [0.1, 0.15) is 0 Å². The maximum absolute atomic E-state index is 4.57. The monoisotopic (exact) mass is 638 g/mol. The van der Waals surface area contributed by atoms with E-state index >= 15 is 0 Å². The van der Waals surface area contributed by atoms with Gasteiger partial charge in [0.25, 0.3) is 0 Å². The zero-order valence-corrected chi connectivity index (χ0v) is 24.9. The summed E-state index contributed by atoms with van der Waals surface area (Å²) in [5, 5.41) is 0. The van der Waals surface area contributed by atoms with Crippen LogP contribution < -0.4 is 4.90 Å². The predicted octanol–water partition coefficient (Wildman–Crippen LogP) is 9.31. The molecule has 1 aromatic carbocycles. The van der Waals surface area contributed by atoms with E-state index in [-0.39, 0.29) is 35.9 Å². The molecule has 0 aliphatic carbocycles. The zero-order valence-electron chi connectivity index (χ0n) is 22.6. The van der Waals surface area contributed by atoms with Gasteiger partial charge < -0.3 is 24.7 Å². The number of rotatable bonds is 8. The first-order valence-electron chi connectivity index (χ1n) is 10.9. The molecule has 0 spiro atoms. The Labute approximate surface area is 225 Å². The molecule has 3 heteroatoms. The fraction of sp³-hybridized carbons (Fsp3) is 0.258. The fourth-order valence-corrected chi connectivity index (χ4v) is 3.41. The van der Waals surface area contributed by atoms with E-state index in [0.717, 1.165) is 34.5 Å². The number of nitrogens with zero attached hydrogens (tertiary/aromatic N) is 2. The van der Waals surface area contributed by atoms with Crippen molar-refractivity contribution in [1.82, 2.24) is 4.98 Å². The standard InChI is InChI=1S/C27H31N2.C2H6.2CH3.Pt/c1-8-12-22(9-2)23-15-16-28-26(19-23)24-13-11-14-25(18-24)29(7)27(10-3)21(6)17-20(4)5;1-2;;;/h8-9,11-17,19H,1-2,10H2,3-7H3;1-2H3;2*1H3;/q-1;;2*-1;/b22-12+,27-21+;;;;. The van der Waals surface area contributed by atoms with E-state index in [9.17, 15) is 0 Å².